The van der Waals surface area contributed by atoms with Crippen LogP contribution >= 0.6 is 0 Å². The first-order chi connectivity index (χ1) is 19.9. The zero-order valence-corrected chi connectivity index (χ0v) is 27.3. The summed E-state index contributed by atoms with van der Waals surface area (Å²) in [7, 11) is -6.11. The Bertz CT molecular complexity index is 1470. The van der Waals surface area contributed by atoms with Crippen LogP contribution in [0.4, 0.5) is 0 Å². The molecule has 0 bridgehead atoms. The number of ether oxygens (including phenoxy) is 2. The van der Waals surface area contributed by atoms with Crippen molar-refractivity contribution in [3.8, 4) is 0 Å². The van der Waals surface area contributed by atoms with Crippen molar-refractivity contribution in [1.82, 2.24) is 0 Å². The normalized spacial score (nSPS) is 22.7. The fraction of sp³-hybridized carbons (Fsp3) is 0.429. The summed E-state index contributed by atoms with van der Waals surface area (Å²) in [6.07, 6.45) is 3.27. The van der Waals surface area contributed by atoms with Crippen molar-refractivity contribution in [3.63, 3.8) is 0 Å². The van der Waals surface area contributed by atoms with Crippen LogP contribution in [0.5, 0.6) is 0 Å². The van der Waals surface area contributed by atoms with Gasteiger partial charge in [-0.3, -0.25) is 0 Å². The molecule has 1 saturated heterocycles. The molecule has 7 heteroatoms. The fourth-order valence-electron chi connectivity index (χ4n) is 5.96. The van der Waals surface area contributed by atoms with Crippen molar-refractivity contribution < 1.29 is 22.3 Å². The van der Waals surface area contributed by atoms with Gasteiger partial charge < -0.3 is 13.9 Å². The van der Waals surface area contributed by atoms with Crippen molar-refractivity contribution in [3.05, 3.63) is 114 Å². The van der Waals surface area contributed by atoms with E-state index >= 15 is 8.42 Å². The summed E-state index contributed by atoms with van der Waals surface area (Å²) < 4.78 is 48.6. The number of benzene rings is 3. The molecule has 42 heavy (non-hydrogen) atoms. The van der Waals surface area contributed by atoms with Crippen molar-refractivity contribution >= 4 is 18.2 Å². The van der Waals surface area contributed by atoms with Gasteiger partial charge in [0.2, 0.25) is 0 Å². The lowest BCUT2D eigenvalue weighted by atomic mass is 9.73. The third-order valence-electron chi connectivity index (χ3n) is 9.43. The Labute approximate surface area is 253 Å². The molecule has 224 valence electrons. The third kappa shape index (κ3) is 5.95. The van der Waals surface area contributed by atoms with Crippen LogP contribution in [0.1, 0.15) is 38.3 Å². The summed E-state index contributed by atoms with van der Waals surface area (Å²) in [6, 6.07) is 29.0. The second-order valence-electron chi connectivity index (χ2n) is 13.2. The predicted octanol–water partition coefficient (Wildman–Crippen LogP) is 7.40. The largest absolute Gasteiger partial charge is 0.416 e. The highest BCUT2D eigenvalue weighted by molar-refractivity contribution is 7.93. The average molecular weight is 605 g/mol. The summed E-state index contributed by atoms with van der Waals surface area (Å²) in [6.45, 7) is 12.3. The lowest BCUT2D eigenvalue weighted by molar-refractivity contribution is -0.150. The molecule has 3 aromatic rings. The maximum atomic E-state index is 15.1. The molecule has 5 rings (SSSR count). The minimum atomic E-state index is -3.90. The van der Waals surface area contributed by atoms with E-state index in [0.29, 0.717) is 44.0 Å². The number of rotatable bonds is 9. The van der Waals surface area contributed by atoms with E-state index in [1.807, 2.05) is 60.7 Å². The number of sulfone groups is 1. The van der Waals surface area contributed by atoms with Crippen LogP contribution in [0.3, 0.4) is 0 Å². The highest BCUT2D eigenvalue weighted by Crippen LogP contribution is 2.51. The minimum absolute atomic E-state index is 0.0194. The van der Waals surface area contributed by atoms with Crippen LogP contribution in [0.25, 0.3) is 0 Å². The minimum Gasteiger partial charge on any atom is -0.416 e. The second-order valence-corrected chi connectivity index (χ2v) is 20.2. The van der Waals surface area contributed by atoms with E-state index in [2.05, 4.69) is 46.0 Å². The summed E-state index contributed by atoms with van der Waals surface area (Å²) in [5.74, 6) is -1.39. The first-order valence-corrected chi connectivity index (χ1v) is 19.3. The zero-order valence-electron chi connectivity index (χ0n) is 25.5. The van der Waals surface area contributed by atoms with Gasteiger partial charge in [0.25, 0.3) is 0 Å². The van der Waals surface area contributed by atoms with Crippen LogP contribution < -0.4 is 0 Å². The molecule has 0 amide bonds. The van der Waals surface area contributed by atoms with E-state index in [1.54, 1.807) is 24.3 Å². The van der Waals surface area contributed by atoms with Gasteiger partial charge in [0, 0.05) is 18.9 Å². The Kier molecular flexibility index (Phi) is 8.72. The number of hydrogen-bond acceptors (Lipinski definition) is 5. The smallest absolute Gasteiger partial charge is 0.191 e. The van der Waals surface area contributed by atoms with E-state index in [9.17, 15) is 0 Å². The van der Waals surface area contributed by atoms with E-state index in [1.165, 1.54) is 0 Å². The van der Waals surface area contributed by atoms with E-state index in [0.717, 1.165) is 16.7 Å². The van der Waals surface area contributed by atoms with Crippen LogP contribution in [0, 0.1) is 5.92 Å². The molecule has 0 aromatic heterocycles. The first kappa shape index (κ1) is 30.9. The van der Waals surface area contributed by atoms with Gasteiger partial charge in [-0.1, -0.05) is 106 Å². The summed E-state index contributed by atoms with van der Waals surface area (Å²) in [4.78, 5) is 0.317. The first-order valence-electron chi connectivity index (χ1n) is 14.9. The van der Waals surface area contributed by atoms with Crippen molar-refractivity contribution in [2.75, 3.05) is 19.8 Å². The Hall–Kier alpha value is -2.55. The van der Waals surface area contributed by atoms with Gasteiger partial charge in [0.15, 0.2) is 23.9 Å². The lowest BCUT2D eigenvalue weighted by Crippen LogP contribution is -2.57. The van der Waals surface area contributed by atoms with Crippen molar-refractivity contribution in [1.29, 1.82) is 0 Å². The van der Waals surface area contributed by atoms with Gasteiger partial charge in [0.1, 0.15) is 4.75 Å². The fourth-order valence-corrected chi connectivity index (χ4v) is 9.21. The Morgan fingerprint density at radius 3 is 1.90 bits per heavy atom. The molecule has 1 fully saturated rings. The Morgan fingerprint density at radius 2 is 1.36 bits per heavy atom. The molecular formula is C35H44O5SSi. The van der Waals surface area contributed by atoms with Crippen LogP contribution in [-0.2, 0) is 36.6 Å². The maximum Gasteiger partial charge on any atom is 0.191 e. The molecule has 2 atom stereocenters. The third-order valence-corrected chi connectivity index (χ3v) is 16.4. The van der Waals surface area contributed by atoms with Crippen LogP contribution in [0.2, 0.25) is 18.1 Å². The molecule has 1 spiro atoms. The van der Waals surface area contributed by atoms with Gasteiger partial charge in [-0.15, -0.1) is 0 Å². The van der Waals surface area contributed by atoms with E-state index < -0.39 is 34.6 Å². The van der Waals surface area contributed by atoms with Crippen molar-refractivity contribution in [2.45, 2.75) is 73.6 Å². The van der Waals surface area contributed by atoms with E-state index in [-0.39, 0.29) is 5.04 Å². The monoisotopic (exact) mass is 604 g/mol. The summed E-state index contributed by atoms with van der Waals surface area (Å²) in [5, 5.41) is -0.0194. The summed E-state index contributed by atoms with van der Waals surface area (Å²) in [5.41, 5.74) is 2.92. The molecule has 1 aliphatic carbocycles. The molecule has 5 nitrogen and oxygen atoms in total. The van der Waals surface area contributed by atoms with Crippen LogP contribution in [0.15, 0.2) is 108 Å². The average Bonchev–Trinajstić information content (AvgIpc) is 3.44. The summed E-state index contributed by atoms with van der Waals surface area (Å²) >= 11 is 0. The molecule has 3 aromatic carbocycles. The van der Waals surface area contributed by atoms with E-state index in [4.69, 9.17) is 13.9 Å². The number of hydrogen-bond donors (Lipinski definition) is 0. The molecule has 1 aliphatic heterocycles. The SMILES string of the molecule is CC(C)(C)[Si](C)(C)OC[C@@H]1CC2(OCCO2)C(Cc2ccccc2)=C[C@@]1(Cc1ccccc1)S(=O)(=O)c1ccccc1. The molecule has 0 radical (unpaired) electrons. The van der Waals surface area contributed by atoms with Crippen molar-refractivity contribution in [2.24, 2.45) is 5.92 Å². The maximum absolute atomic E-state index is 15.1. The molecular weight excluding hydrogens is 561 g/mol. The van der Waals surface area contributed by atoms with Gasteiger partial charge in [-0.05, 0) is 59.8 Å². The van der Waals surface area contributed by atoms with Gasteiger partial charge in [-0.2, -0.15) is 0 Å². The Balaban J connectivity index is 1.73. The van der Waals surface area contributed by atoms with Gasteiger partial charge in [0.05, 0.1) is 18.1 Å². The topological polar surface area (TPSA) is 61.8 Å². The second kappa shape index (κ2) is 11.9. The Morgan fingerprint density at radius 1 is 0.833 bits per heavy atom. The molecule has 0 saturated carbocycles. The quantitative estimate of drug-likeness (QED) is 0.188. The van der Waals surface area contributed by atoms with Gasteiger partial charge in [-0.25, -0.2) is 8.42 Å². The molecule has 0 unspecified atom stereocenters. The molecule has 1 heterocycles. The highest BCUT2D eigenvalue weighted by Gasteiger charge is 2.59. The highest BCUT2D eigenvalue weighted by atomic mass is 32.2. The van der Waals surface area contributed by atoms with Gasteiger partial charge >= 0.3 is 0 Å². The molecule has 0 N–H and O–H groups in total. The molecule has 2 aliphatic rings. The zero-order chi connectivity index (χ0) is 30.1. The predicted molar refractivity (Wildman–Crippen MR) is 171 cm³/mol. The standard InChI is InChI=1S/C35H44O5SSi/c1-33(2,3)42(4,5)40-27-31-26-35(38-21-22-39-35)30(23-28-15-9-6-10-16-28)25-34(31,24-29-17-11-7-12-18-29)41(36,37)32-19-13-8-14-20-32/h6-20,25,31H,21-24,26-27H2,1-5H3/t31-,34+/m0/s1. The lowest BCUT2D eigenvalue weighted by Gasteiger charge is -2.49. The van der Waals surface area contributed by atoms with Crippen LogP contribution in [-0.4, -0.2) is 47.1 Å².